The van der Waals surface area contributed by atoms with Crippen molar-refractivity contribution >= 4 is 5.97 Å². The molecule has 1 fully saturated rings. The highest BCUT2D eigenvalue weighted by Gasteiger charge is 2.40. The summed E-state index contributed by atoms with van der Waals surface area (Å²) in [5.74, 6) is 5.43. The highest BCUT2D eigenvalue weighted by atomic mass is 16.5. The summed E-state index contributed by atoms with van der Waals surface area (Å²) in [6.45, 7) is 5.55. The maximum absolute atomic E-state index is 11.1. The van der Waals surface area contributed by atoms with Gasteiger partial charge in [0.05, 0.1) is 12.3 Å². The van der Waals surface area contributed by atoms with Gasteiger partial charge < -0.3 is 9.84 Å². The molecule has 0 saturated carbocycles. The van der Waals surface area contributed by atoms with E-state index in [0.29, 0.717) is 12.0 Å². The van der Waals surface area contributed by atoms with Crippen molar-refractivity contribution in [2.24, 2.45) is 0 Å². The van der Waals surface area contributed by atoms with Crippen LogP contribution in [0.15, 0.2) is 72.8 Å². The maximum atomic E-state index is 11.1. The third kappa shape index (κ3) is 5.89. The molecule has 0 radical (unpaired) electrons. The topological polar surface area (TPSA) is 49.8 Å². The molecule has 0 unspecified atom stereocenters. The number of hydrogen-bond acceptors (Lipinski definition) is 3. The van der Waals surface area contributed by atoms with E-state index in [1.54, 1.807) is 18.1 Å². The summed E-state index contributed by atoms with van der Waals surface area (Å²) in [6, 6.07) is 25.4. The van der Waals surface area contributed by atoms with Crippen molar-refractivity contribution in [1.82, 2.24) is 4.90 Å². The molecule has 1 aliphatic carbocycles. The van der Waals surface area contributed by atoms with Crippen molar-refractivity contribution in [3.63, 3.8) is 0 Å². The van der Waals surface area contributed by atoms with Crippen molar-refractivity contribution in [2.45, 2.75) is 63.5 Å². The molecule has 1 N–H and O–H groups in total. The maximum Gasteiger partial charge on any atom is 0.304 e. The molecular formula is C33H35NO3. The SMILES string of the molecule is CC#C[C@H](CC(=O)O)c1ccc(OCc2ccc(CN3CCC4(CCc5ccccc54)CC3)cc2)cc1. The monoisotopic (exact) mass is 493 g/mol. The Morgan fingerprint density at radius 3 is 2.38 bits per heavy atom. The summed E-state index contributed by atoms with van der Waals surface area (Å²) < 4.78 is 5.98. The molecule has 1 aliphatic heterocycles. The van der Waals surface area contributed by atoms with Gasteiger partial charge in [0.15, 0.2) is 0 Å². The highest BCUT2D eigenvalue weighted by Crippen LogP contribution is 2.46. The lowest BCUT2D eigenvalue weighted by Crippen LogP contribution is -2.41. The Morgan fingerprint density at radius 1 is 0.973 bits per heavy atom. The Kier molecular flexibility index (Phi) is 7.63. The van der Waals surface area contributed by atoms with Gasteiger partial charge in [-0.2, -0.15) is 0 Å². The minimum absolute atomic E-state index is 0.000347. The number of piperidine rings is 1. The molecule has 3 aromatic carbocycles. The van der Waals surface area contributed by atoms with Crippen LogP contribution in [-0.4, -0.2) is 29.1 Å². The zero-order chi connectivity index (χ0) is 25.7. The van der Waals surface area contributed by atoms with E-state index in [1.807, 2.05) is 24.3 Å². The van der Waals surface area contributed by atoms with E-state index >= 15 is 0 Å². The summed E-state index contributed by atoms with van der Waals surface area (Å²) in [6.07, 6.45) is 5.07. The third-order valence-electron chi connectivity index (χ3n) is 8.09. The molecule has 190 valence electrons. The number of aryl methyl sites for hydroxylation is 1. The molecule has 4 heteroatoms. The van der Waals surface area contributed by atoms with Gasteiger partial charge >= 0.3 is 5.97 Å². The molecule has 1 spiro atoms. The Hall–Kier alpha value is -3.55. The number of ether oxygens (including phenoxy) is 1. The third-order valence-corrected chi connectivity index (χ3v) is 8.09. The van der Waals surface area contributed by atoms with Crippen LogP contribution in [0.25, 0.3) is 0 Å². The Labute approximate surface area is 220 Å². The molecular weight excluding hydrogens is 458 g/mol. The summed E-state index contributed by atoms with van der Waals surface area (Å²) in [7, 11) is 0. The number of benzene rings is 3. The van der Waals surface area contributed by atoms with E-state index in [-0.39, 0.29) is 12.3 Å². The highest BCUT2D eigenvalue weighted by molar-refractivity contribution is 5.69. The first-order valence-electron chi connectivity index (χ1n) is 13.3. The van der Waals surface area contributed by atoms with Gasteiger partial charge in [-0.15, -0.1) is 5.92 Å². The second-order valence-electron chi connectivity index (χ2n) is 10.4. The van der Waals surface area contributed by atoms with Crippen LogP contribution in [0.4, 0.5) is 0 Å². The van der Waals surface area contributed by atoms with Gasteiger partial charge in [-0.1, -0.05) is 66.6 Å². The molecule has 2 aliphatic rings. The number of carboxylic acids is 1. The molecule has 4 nitrogen and oxygen atoms in total. The lowest BCUT2D eigenvalue weighted by Gasteiger charge is -2.40. The average molecular weight is 494 g/mol. The zero-order valence-electron chi connectivity index (χ0n) is 21.6. The fourth-order valence-electron chi connectivity index (χ4n) is 5.99. The fourth-order valence-corrected chi connectivity index (χ4v) is 5.99. The lowest BCUT2D eigenvalue weighted by molar-refractivity contribution is -0.137. The quantitative estimate of drug-likeness (QED) is 0.373. The van der Waals surface area contributed by atoms with Gasteiger partial charge in [0, 0.05) is 6.54 Å². The van der Waals surface area contributed by atoms with E-state index in [4.69, 9.17) is 9.84 Å². The molecule has 1 heterocycles. The Morgan fingerprint density at radius 2 is 1.68 bits per heavy atom. The fraction of sp³-hybridized carbons (Fsp3) is 0.364. The van der Waals surface area contributed by atoms with Crippen LogP contribution in [0.3, 0.4) is 0 Å². The van der Waals surface area contributed by atoms with E-state index in [2.05, 4.69) is 65.3 Å². The first-order chi connectivity index (χ1) is 18.0. The first-order valence-corrected chi connectivity index (χ1v) is 13.3. The minimum atomic E-state index is -0.847. The van der Waals surface area contributed by atoms with Gasteiger partial charge in [0.2, 0.25) is 0 Å². The molecule has 5 rings (SSSR count). The zero-order valence-corrected chi connectivity index (χ0v) is 21.6. The van der Waals surface area contributed by atoms with Crippen LogP contribution in [0, 0.1) is 11.8 Å². The van der Waals surface area contributed by atoms with Crippen molar-refractivity contribution in [3.05, 3.63) is 101 Å². The number of nitrogens with zero attached hydrogens (tertiary/aromatic N) is 1. The Balaban J connectivity index is 1.11. The molecule has 1 atom stereocenters. The van der Waals surface area contributed by atoms with Crippen LogP contribution >= 0.6 is 0 Å². The van der Waals surface area contributed by atoms with Gasteiger partial charge in [-0.3, -0.25) is 9.69 Å². The van der Waals surface area contributed by atoms with Crippen molar-refractivity contribution < 1.29 is 14.6 Å². The van der Waals surface area contributed by atoms with Gasteiger partial charge in [-0.25, -0.2) is 0 Å². The molecule has 37 heavy (non-hydrogen) atoms. The molecule has 0 amide bonds. The van der Waals surface area contributed by atoms with Crippen molar-refractivity contribution in [2.75, 3.05) is 13.1 Å². The number of hydrogen-bond donors (Lipinski definition) is 1. The summed E-state index contributed by atoms with van der Waals surface area (Å²) >= 11 is 0. The lowest BCUT2D eigenvalue weighted by atomic mass is 9.74. The predicted octanol–water partition coefficient (Wildman–Crippen LogP) is 6.33. The number of fused-ring (bicyclic) bond motifs is 2. The van der Waals surface area contributed by atoms with Crippen LogP contribution in [-0.2, 0) is 29.8 Å². The van der Waals surface area contributed by atoms with Gasteiger partial charge in [0.25, 0.3) is 0 Å². The first kappa shape index (κ1) is 25.1. The summed E-state index contributed by atoms with van der Waals surface area (Å²) in [5, 5.41) is 9.13. The largest absolute Gasteiger partial charge is 0.489 e. The van der Waals surface area contributed by atoms with Crippen LogP contribution in [0.1, 0.15) is 66.3 Å². The van der Waals surface area contributed by atoms with Gasteiger partial charge in [0.1, 0.15) is 12.4 Å². The number of aliphatic carboxylic acids is 1. The summed E-state index contributed by atoms with van der Waals surface area (Å²) in [4.78, 5) is 13.7. The molecule has 0 bridgehead atoms. The molecule has 0 aromatic heterocycles. The van der Waals surface area contributed by atoms with Crippen LogP contribution in [0.2, 0.25) is 0 Å². The second-order valence-corrected chi connectivity index (χ2v) is 10.4. The smallest absolute Gasteiger partial charge is 0.304 e. The van der Waals surface area contributed by atoms with Crippen molar-refractivity contribution in [1.29, 1.82) is 0 Å². The number of likely N-dealkylation sites (tertiary alicyclic amines) is 1. The summed E-state index contributed by atoms with van der Waals surface area (Å²) in [5.41, 5.74) is 6.97. The second kappa shape index (κ2) is 11.2. The number of carboxylic acid groups (broad SMARTS) is 1. The van der Waals surface area contributed by atoms with E-state index in [1.165, 1.54) is 31.2 Å². The van der Waals surface area contributed by atoms with Crippen LogP contribution in [0.5, 0.6) is 5.75 Å². The molecule has 3 aromatic rings. The average Bonchev–Trinajstić information content (AvgIpc) is 3.27. The van der Waals surface area contributed by atoms with E-state index in [9.17, 15) is 4.79 Å². The number of carbonyl (C=O) groups is 1. The normalized spacial score (nSPS) is 17.0. The van der Waals surface area contributed by atoms with Crippen molar-refractivity contribution in [3.8, 4) is 17.6 Å². The van der Waals surface area contributed by atoms with E-state index in [0.717, 1.165) is 36.5 Å². The standard InChI is InChI=1S/C33H35NO3/c1-2-5-29(22-32(35)36)27-12-14-30(15-13-27)37-24-26-10-8-25(9-11-26)23-34-20-18-33(19-21-34)17-16-28-6-3-4-7-31(28)33/h3-4,6-15,29H,16-24H2,1H3,(H,35,36)/t29-/m1/s1. The molecule has 1 saturated heterocycles. The predicted molar refractivity (Wildman–Crippen MR) is 147 cm³/mol. The minimum Gasteiger partial charge on any atom is -0.489 e. The van der Waals surface area contributed by atoms with Gasteiger partial charge in [-0.05, 0) is 91.1 Å². The Bertz CT molecular complexity index is 1280. The van der Waals surface area contributed by atoms with Crippen LogP contribution < -0.4 is 4.74 Å². The number of rotatable bonds is 8. The van der Waals surface area contributed by atoms with E-state index < -0.39 is 5.97 Å².